The largest absolute Gasteiger partial charge is 0.377 e. The molecular weight excluding hydrogens is 326 g/mol. The zero-order valence-electron chi connectivity index (χ0n) is 13.9. The molecule has 130 valence electrons. The van der Waals surface area contributed by atoms with Crippen molar-refractivity contribution in [3.63, 3.8) is 0 Å². The molecule has 0 N–H and O–H groups in total. The van der Waals surface area contributed by atoms with Crippen molar-refractivity contribution in [2.24, 2.45) is 0 Å². The molecule has 2 fully saturated rings. The highest BCUT2D eigenvalue weighted by Gasteiger charge is 2.43. The standard InChI is InChI=1S/C16H23N5O2S/c1-13-19-14(8-24-13)6-20-4-5-22-10-16(9-20)3-2-15(23-16)7-21-12-17-11-18-21/h8,11-12,15H,2-7,9-10H2,1H3/t15-,16+/m0/s1. The summed E-state index contributed by atoms with van der Waals surface area (Å²) < 4.78 is 14.2. The maximum absolute atomic E-state index is 6.44. The minimum atomic E-state index is -0.202. The van der Waals surface area contributed by atoms with E-state index in [1.54, 1.807) is 24.0 Å². The third-order valence-corrected chi connectivity index (χ3v) is 5.50. The van der Waals surface area contributed by atoms with Crippen LogP contribution in [0.1, 0.15) is 23.5 Å². The van der Waals surface area contributed by atoms with Crippen LogP contribution in [0.4, 0.5) is 0 Å². The van der Waals surface area contributed by atoms with Gasteiger partial charge in [-0.05, 0) is 19.8 Å². The van der Waals surface area contributed by atoms with Gasteiger partial charge in [0.1, 0.15) is 18.3 Å². The molecule has 0 aliphatic carbocycles. The summed E-state index contributed by atoms with van der Waals surface area (Å²) in [5.41, 5.74) is 0.944. The Morgan fingerprint density at radius 3 is 3.21 bits per heavy atom. The molecule has 8 heteroatoms. The van der Waals surface area contributed by atoms with Crippen LogP contribution in [-0.4, -0.2) is 62.7 Å². The fourth-order valence-electron chi connectivity index (χ4n) is 3.61. The summed E-state index contributed by atoms with van der Waals surface area (Å²) >= 11 is 1.71. The summed E-state index contributed by atoms with van der Waals surface area (Å²) in [5, 5.41) is 7.45. The highest BCUT2D eigenvalue weighted by Crippen LogP contribution is 2.34. The molecule has 24 heavy (non-hydrogen) atoms. The second-order valence-corrected chi connectivity index (χ2v) is 7.76. The maximum Gasteiger partial charge on any atom is 0.137 e. The van der Waals surface area contributed by atoms with E-state index in [1.807, 2.05) is 4.68 Å². The van der Waals surface area contributed by atoms with Crippen molar-refractivity contribution >= 4 is 11.3 Å². The van der Waals surface area contributed by atoms with Gasteiger partial charge >= 0.3 is 0 Å². The first kappa shape index (κ1) is 16.1. The topological polar surface area (TPSA) is 65.3 Å². The average Bonchev–Trinajstić information content (AvgIpc) is 3.25. The van der Waals surface area contributed by atoms with Gasteiger partial charge in [0, 0.05) is 25.0 Å². The average molecular weight is 349 g/mol. The molecule has 2 aromatic rings. The Labute approximate surface area is 145 Å². The molecule has 7 nitrogen and oxygen atoms in total. The monoisotopic (exact) mass is 349 g/mol. The number of aryl methyl sites for hydroxylation is 1. The Hall–Kier alpha value is -1.35. The Balaban J connectivity index is 1.40. The van der Waals surface area contributed by atoms with E-state index in [4.69, 9.17) is 9.47 Å². The van der Waals surface area contributed by atoms with Gasteiger partial charge in [-0.15, -0.1) is 11.3 Å². The smallest absolute Gasteiger partial charge is 0.137 e. The molecule has 2 aliphatic rings. The van der Waals surface area contributed by atoms with E-state index < -0.39 is 0 Å². The Morgan fingerprint density at radius 1 is 1.46 bits per heavy atom. The molecule has 0 aromatic carbocycles. The van der Waals surface area contributed by atoms with Crippen LogP contribution in [-0.2, 0) is 22.6 Å². The number of thiazole rings is 1. The molecule has 2 aromatic heterocycles. The molecule has 2 aliphatic heterocycles. The minimum Gasteiger partial charge on any atom is -0.377 e. The Bertz CT molecular complexity index is 661. The number of hydrogen-bond donors (Lipinski definition) is 0. The summed E-state index contributed by atoms with van der Waals surface area (Å²) in [6.45, 7) is 6.93. The van der Waals surface area contributed by atoms with Gasteiger partial charge in [0.2, 0.25) is 0 Å². The summed E-state index contributed by atoms with van der Waals surface area (Å²) in [4.78, 5) is 11.0. The van der Waals surface area contributed by atoms with Crippen molar-refractivity contribution in [3.8, 4) is 0 Å². The molecule has 0 saturated carbocycles. The summed E-state index contributed by atoms with van der Waals surface area (Å²) in [6, 6.07) is 0. The highest BCUT2D eigenvalue weighted by atomic mass is 32.1. The zero-order chi connectivity index (χ0) is 16.4. The lowest BCUT2D eigenvalue weighted by molar-refractivity contribution is -0.0905. The number of aromatic nitrogens is 4. The predicted molar refractivity (Wildman–Crippen MR) is 89.8 cm³/mol. The van der Waals surface area contributed by atoms with Gasteiger partial charge in [-0.3, -0.25) is 9.58 Å². The normalized spacial score (nSPS) is 28.5. The van der Waals surface area contributed by atoms with Gasteiger partial charge in [0.15, 0.2) is 0 Å². The molecule has 1 spiro atoms. The van der Waals surface area contributed by atoms with Gasteiger partial charge < -0.3 is 9.47 Å². The van der Waals surface area contributed by atoms with Crippen LogP contribution in [0.25, 0.3) is 0 Å². The minimum absolute atomic E-state index is 0.178. The van der Waals surface area contributed by atoms with Crippen molar-refractivity contribution in [1.29, 1.82) is 0 Å². The third-order valence-electron chi connectivity index (χ3n) is 4.68. The first-order chi connectivity index (χ1) is 11.7. The van der Waals surface area contributed by atoms with E-state index in [1.165, 1.54) is 0 Å². The van der Waals surface area contributed by atoms with Crippen LogP contribution in [0.5, 0.6) is 0 Å². The fraction of sp³-hybridized carbons (Fsp3) is 0.688. The number of hydrogen-bond acceptors (Lipinski definition) is 7. The molecule has 2 saturated heterocycles. The molecule has 4 heterocycles. The highest BCUT2D eigenvalue weighted by molar-refractivity contribution is 7.09. The molecule has 0 radical (unpaired) electrons. The molecule has 0 bridgehead atoms. The van der Waals surface area contributed by atoms with Crippen LogP contribution in [0.2, 0.25) is 0 Å². The second kappa shape index (κ2) is 6.87. The van der Waals surface area contributed by atoms with Crippen molar-refractivity contribution in [2.75, 3.05) is 26.3 Å². The predicted octanol–water partition coefficient (Wildman–Crippen LogP) is 1.49. The van der Waals surface area contributed by atoms with Crippen LogP contribution >= 0.6 is 11.3 Å². The molecule has 4 rings (SSSR count). The van der Waals surface area contributed by atoms with Gasteiger partial charge in [0.25, 0.3) is 0 Å². The third kappa shape index (κ3) is 3.66. The first-order valence-electron chi connectivity index (χ1n) is 8.42. The number of nitrogens with zero attached hydrogens (tertiary/aromatic N) is 5. The molecule has 0 amide bonds. The molecule has 2 atom stereocenters. The zero-order valence-corrected chi connectivity index (χ0v) is 14.7. The van der Waals surface area contributed by atoms with E-state index >= 15 is 0 Å². The lowest BCUT2D eigenvalue weighted by Gasteiger charge is -2.31. The maximum atomic E-state index is 6.44. The fourth-order valence-corrected chi connectivity index (χ4v) is 4.21. The van der Waals surface area contributed by atoms with E-state index in [2.05, 4.69) is 32.3 Å². The SMILES string of the molecule is Cc1nc(CN2CCOC[C@@]3(CC[C@@H](Cn4cncn4)O3)C2)cs1. The second-order valence-electron chi connectivity index (χ2n) is 6.70. The summed E-state index contributed by atoms with van der Waals surface area (Å²) in [6.07, 6.45) is 5.55. The van der Waals surface area contributed by atoms with Gasteiger partial charge in [0.05, 0.1) is 36.6 Å². The van der Waals surface area contributed by atoms with Crippen molar-refractivity contribution in [2.45, 2.75) is 44.6 Å². The van der Waals surface area contributed by atoms with Crippen molar-refractivity contribution < 1.29 is 9.47 Å². The van der Waals surface area contributed by atoms with E-state index in [9.17, 15) is 0 Å². The quantitative estimate of drug-likeness (QED) is 0.833. The summed E-state index contributed by atoms with van der Waals surface area (Å²) in [7, 11) is 0. The van der Waals surface area contributed by atoms with E-state index in [-0.39, 0.29) is 11.7 Å². The first-order valence-corrected chi connectivity index (χ1v) is 9.30. The van der Waals surface area contributed by atoms with Crippen LogP contribution in [0.3, 0.4) is 0 Å². The lowest BCUT2D eigenvalue weighted by Crippen LogP contribution is -2.44. The van der Waals surface area contributed by atoms with Crippen LogP contribution < -0.4 is 0 Å². The van der Waals surface area contributed by atoms with Crippen molar-refractivity contribution in [3.05, 3.63) is 28.7 Å². The van der Waals surface area contributed by atoms with Crippen LogP contribution in [0, 0.1) is 6.92 Å². The van der Waals surface area contributed by atoms with Crippen LogP contribution in [0.15, 0.2) is 18.0 Å². The van der Waals surface area contributed by atoms with Gasteiger partial charge in [-0.1, -0.05) is 0 Å². The lowest BCUT2D eigenvalue weighted by atomic mass is 10.00. The van der Waals surface area contributed by atoms with Gasteiger partial charge in [-0.2, -0.15) is 5.10 Å². The molecular formula is C16H23N5O2S. The Kier molecular flexibility index (Phi) is 4.62. The molecule has 0 unspecified atom stereocenters. The Morgan fingerprint density at radius 2 is 2.42 bits per heavy atom. The van der Waals surface area contributed by atoms with Crippen molar-refractivity contribution in [1.82, 2.24) is 24.6 Å². The van der Waals surface area contributed by atoms with Gasteiger partial charge in [-0.25, -0.2) is 9.97 Å². The number of ether oxygens (including phenoxy) is 2. The van der Waals surface area contributed by atoms with E-state index in [0.717, 1.165) is 56.3 Å². The summed E-state index contributed by atoms with van der Waals surface area (Å²) in [5.74, 6) is 0. The van der Waals surface area contributed by atoms with E-state index in [0.29, 0.717) is 6.61 Å². The number of rotatable bonds is 4.